The van der Waals surface area contributed by atoms with Gasteiger partial charge in [0.2, 0.25) is 5.91 Å². The second kappa shape index (κ2) is 6.96. The van der Waals surface area contributed by atoms with Gasteiger partial charge in [0.05, 0.1) is 12.0 Å². The molecule has 2 aliphatic heterocycles. The first kappa shape index (κ1) is 16.5. The Labute approximate surface area is 122 Å². The van der Waals surface area contributed by atoms with Crippen LogP contribution in [0.2, 0.25) is 0 Å². The molecule has 122 valence electrons. The van der Waals surface area contributed by atoms with Crippen LogP contribution >= 0.6 is 0 Å². The van der Waals surface area contributed by atoms with E-state index in [9.17, 15) is 18.0 Å². The van der Waals surface area contributed by atoms with Gasteiger partial charge in [-0.05, 0) is 38.5 Å². The molecule has 2 rings (SSSR count). The fourth-order valence-corrected chi connectivity index (χ4v) is 3.29. The van der Waals surface area contributed by atoms with E-state index >= 15 is 0 Å². The van der Waals surface area contributed by atoms with Crippen molar-refractivity contribution in [2.24, 2.45) is 5.92 Å². The van der Waals surface area contributed by atoms with E-state index in [1.165, 1.54) is 0 Å². The molecule has 0 aromatic heterocycles. The average Bonchev–Trinajstić information content (AvgIpc) is 2.47. The third-order valence-electron chi connectivity index (χ3n) is 4.55. The van der Waals surface area contributed by atoms with Crippen LogP contribution in [0.15, 0.2) is 0 Å². The van der Waals surface area contributed by atoms with Gasteiger partial charge in [-0.25, -0.2) is 0 Å². The monoisotopic (exact) mass is 308 g/mol. The highest BCUT2D eigenvalue weighted by Crippen LogP contribution is 2.32. The molecule has 7 heteroatoms. The summed E-state index contributed by atoms with van der Waals surface area (Å²) in [6.07, 6.45) is -0.593. The zero-order chi connectivity index (χ0) is 15.5. The summed E-state index contributed by atoms with van der Waals surface area (Å²) in [5, 5.41) is 11.8. The first-order chi connectivity index (χ1) is 9.93. The molecule has 0 aromatic rings. The summed E-state index contributed by atoms with van der Waals surface area (Å²) >= 11 is 0. The molecule has 0 saturated carbocycles. The number of carbonyl (C=O) groups is 1. The summed E-state index contributed by atoms with van der Waals surface area (Å²) in [6.45, 7) is 0.492. The highest BCUT2D eigenvalue weighted by Gasteiger charge is 2.43. The number of aliphatic hydroxyl groups excluding tert-OH is 1. The van der Waals surface area contributed by atoms with E-state index in [1.54, 1.807) is 4.90 Å². The number of piperidine rings is 2. The Bertz CT molecular complexity index is 353. The Morgan fingerprint density at radius 2 is 2.00 bits per heavy atom. The van der Waals surface area contributed by atoms with Crippen LogP contribution in [0.5, 0.6) is 0 Å². The Kier molecular flexibility index (Phi) is 5.48. The van der Waals surface area contributed by atoms with E-state index < -0.39 is 18.1 Å². The van der Waals surface area contributed by atoms with Crippen molar-refractivity contribution >= 4 is 5.91 Å². The smallest absolute Gasteiger partial charge is 0.393 e. The third kappa shape index (κ3) is 4.10. The van der Waals surface area contributed by atoms with Gasteiger partial charge in [-0.3, -0.25) is 4.79 Å². The number of rotatable bonds is 3. The number of nitrogens with one attached hydrogen (secondary N) is 1. The highest BCUT2D eigenvalue weighted by atomic mass is 19.4. The number of halogens is 3. The Hall–Kier alpha value is -0.820. The molecule has 2 N–H and O–H groups in total. The standard InChI is InChI=1S/C14H23F3N2O2/c15-14(16,17)10-4-5-12(18-9-10)13(21)19-7-2-1-3-11(19)6-8-20/h10-12,18,20H,1-9H2. The van der Waals surface area contributed by atoms with Crippen molar-refractivity contribution < 1.29 is 23.1 Å². The topological polar surface area (TPSA) is 52.6 Å². The zero-order valence-corrected chi connectivity index (χ0v) is 12.0. The van der Waals surface area contributed by atoms with Crippen LogP contribution in [0, 0.1) is 5.92 Å². The number of alkyl halides is 3. The number of aliphatic hydroxyl groups is 1. The van der Waals surface area contributed by atoms with Gasteiger partial charge in [0.15, 0.2) is 0 Å². The van der Waals surface area contributed by atoms with Crippen molar-refractivity contribution in [2.45, 2.75) is 56.8 Å². The summed E-state index contributed by atoms with van der Waals surface area (Å²) in [7, 11) is 0. The predicted molar refractivity (Wildman–Crippen MR) is 71.6 cm³/mol. The number of likely N-dealkylation sites (tertiary alicyclic amines) is 1. The SMILES string of the molecule is O=C(C1CCC(C(F)(F)F)CN1)N1CCCCC1CCO. The number of nitrogens with zero attached hydrogens (tertiary/aromatic N) is 1. The van der Waals surface area contributed by atoms with Crippen LogP contribution in [-0.2, 0) is 4.79 Å². The minimum atomic E-state index is -4.19. The van der Waals surface area contributed by atoms with Gasteiger partial charge < -0.3 is 15.3 Å². The van der Waals surface area contributed by atoms with E-state index in [-0.39, 0.29) is 37.9 Å². The maximum absolute atomic E-state index is 12.6. The minimum Gasteiger partial charge on any atom is -0.396 e. The van der Waals surface area contributed by atoms with Crippen molar-refractivity contribution in [1.82, 2.24) is 10.2 Å². The summed E-state index contributed by atoms with van der Waals surface area (Å²) in [5.41, 5.74) is 0. The molecule has 0 aromatic carbocycles. The molecule has 21 heavy (non-hydrogen) atoms. The van der Waals surface area contributed by atoms with Crippen LogP contribution in [0.4, 0.5) is 13.2 Å². The van der Waals surface area contributed by atoms with E-state index in [1.807, 2.05) is 0 Å². The van der Waals surface area contributed by atoms with Crippen molar-refractivity contribution in [3.63, 3.8) is 0 Å². The molecule has 0 radical (unpaired) electrons. The van der Waals surface area contributed by atoms with E-state index in [0.29, 0.717) is 13.0 Å². The molecular weight excluding hydrogens is 285 g/mol. The zero-order valence-electron chi connectivity index (χ0n) is 12.0. The number of hydrogen-bond acceptors (Lipinski definition) is 3. The normalized spacial score (nSPS) is 31.2. The molecule has 0 aliphatic carbocycles. The second-order valence-electron chi connectivity index (χ2n) is 5.97. The molecule has 2 saturated heterocycles. The summed E-state index contributed by atoms with van der Waals surface area (Å²) in [4.78, 5) is 14.3. The quantitative estimate of drug-likeness (QED) is 0.834. The fourth-order valence-electron chi connectivity index (χ4n) is 3.29. The summed E-state index contributed by atoms with van der Waals surface area (Å²) < 4.78 is 37.9. The first-order valence-corrected chi connectivity index (χ1v) is 7.65. The van der Waals surface area contributed by atoms with Gasteiger partial charge in [-0.1, -0.05) is 0 Å². The Morgan fingerprint density at radius 1 is 1.24 bits per heavy atom. The van der Waals surface area contributed by atoms with Crippen molar-refractivity contribution in [3.05, 3.63) is 0 Å². The molecule has 0 spiro atoms. The molecule has 4 nitrogen and oxygen atoms in total. The fraction of sp³-hybridized carbons (Fsp3) is 0.929. The summed E-state index contributed by atoms with van der Waals surface area (Å²) in [5.74, 6) is -1.45. The first-order valence-electron chi connectivity index (χ1n) is 7.65. The third-order valence-corrected chi connectivity index (χ3v) is 4.55. The number of hydrogen-bond donors (Lipinski definition) is 2. The van der Waals surface area contributed by atoms with Crippen LogP contribution in [0.1, 0.15) is 38.5 Å². The molecule has 3 atom stereocenters. The predicted octanol–water partition coefficient (Wildman–Crippen LogP) is 1.68. The van der Waals surface area contributed by atoms with Gasteiger partial charge in [-0.2, -0.15) is 13.2 Å². The number of carbonyl (C=O) groups excluding carboxylic acids is 1. The highest BCUT2D eigenvalue weighted by molar-refractivity contribution is 5.82. The molecule has 2 aliphatic rings. The maximum atomic E-state index is 12.6. The van der Waals surface area contributed by atoms with Gasteiger partial charge in [-0.15, -0.1) is 0 Å². The maximum Gasteiger partial charge on any atom is 0.393 e. The van der Waals surface area contributed by atoms with Crippen molar-refractivity contribution in [3.8, 4) is 0 Å². The largest absolute Gasteiger partial charge is 0.396 e. The molecule has 1 amide bonds. The van der Waals surface area contributed by atoms with Crippen LogP contribution in [-0.4, -0.2) is 53.9 Å². The van der Waals surface area contributed by atoms with Gasteiger partial charge in [0, 0.05) is 25.7 Å². The summed E-state index contributed by atoms with van der Waals surface area (Å²) in [6, 6.07) is -0.485. The molecular formula is C14H23F3N2O2. The van der Waals surface area contributed by atoms with Gasteiger partial charge >= 0.3 is 6.18 Å². The second-order valence-corrected chi connectivity index (χ2v) is 5.97. The average molecular weight is 308 g/mol. The van der Waals surface area contributed by atoms with E-state index in [2.05, 4.69) is 5.32 Å². The van der Waals surface area contributed by atoms with E-state index in [4.69, 9.17) is 5.11 Å². The van der Waals surface area contributed by atoms with Crippen molar-refractivity contribution in [2.75, 3.05) is 19.7 Å². The van der Waals surface area contributed by atoms with Crippen LogP contribution in [0.25, 0.3) is 0 Å². The Balaban J connectivity index is 1.91. The van der Waals surface area contributed by atoms with Crippen molar-refractivity contribution in [1.29, 1.82) is 0 Å². The molecule has 2 fully saturated rings. The van der Waals surface area contributed by atoms with E-state index in [0.717, 1.165) is 19.3 Å². The molecule has 2 heterocycles. The molecule has 0 bridgehead atoms. The van der Waals surface area contributed by atoms with Gasteiger partial charge in [0.1, 0.15) is 0 Å². The lowest BCUT2D eigenvalue weighted by atomic mass is 9.92. The lowest BCUT2D eigenvalue weighted by molar-refractivity contribution is -0.181. The van der Waals surface area contributed by atoms with Crippen LogP contribution < -0.4 is 5.32 Å². The lowest BCUT2D eigenvalue weighted by Gasteiger charge is -2.39. The minimum absolute atomic E-state index is 0.00537. The Morgan fingerprint density at radius 3 is 2.57 bits per heavy atom. The van der Waals surface area contributed by atoms with Gasteiger partial charge in [0.25, 0.3) is 0 Å². The number of amides is 1. The lowest BCUT2D eigenvalue weighted by Crippen LogP contribution is -2.55. The van der Waals surface area contributed by atoms with Crippen LogP contribution in [0.3, 0.4) is 0 Å². The molecule has 3 unspecified atom stereocenters.